The average molecular weight is 265 g/mol. The number of amidine groups is 1. The molecular weight excluding hydrogens is 246 g/mol. The number of carbonyl (C=O) groups excluding carboxylic acids is 1. The van der Waals surface area contributed by atoms with Crippen LogP contribution in [-0.2, 0) is 11.3 Å². The van der Waals surface area contributed by atoms with Crippen LogP contribution in [0.15, 0.2) is 29.4 Å². The molecule has 0 spiro atoms. The molecule has 0 aliphatic carbocycles. The minimum atomic E-state index is -0.645. The van der Waals surface area contributed by atoms with E-state index in [1.807, 2.05) is 24.3 Å². The van der Waals surface area contributed by atoms with E-state index in [-0.39, 0.29) is 11.7 Å². The topological polar surface area (TPSA) is 88.2 Å². The zero-order chi connectivity index (χ0) is 14.4. The Morgan fingerprint density at radius 3 is 2.53 bits per heavy atom. The van der Waals surface area contributed by atoms with E-state index in [2.05, 4.69) is 5.16 Å². The number of hydrogen-bond donors (Lipinski definition) is 2. The molecule has 19 heavy (non-hydrogen) atoms. The Bertz CT molecular complexity index is 457. The normalized spacial score (nSPS) is 12.9. The summed E-state index contributed by atoms with van der Waals surface area (Å²) in [5, 5.41) is 11.4. The number of carbonyl (C=O) groups is 1. The van der Waals surface area contributed by atoms with E-state index in [0.29, 0.717) is 6.54 Å². The summed E-state index contributed by atoms with van der Waals surface area (Å²) in [6.07, 6.45) is 0. The Morgan fingerprint density at radius 2 is 2.05 bits per heavy atom. The van der Waals surface area contributed by atoms with E-state index in [4.69, 9.17) is 15.7 Å². The van der Waals surface area contributed by atoms with Gasteiger partial charge in [0.2, 0.25) is 5.91 Å². The maximum atomic E-state index is 12.0. The molecule has 0 heterocycles. The molecule has 0 saturated heterocycles. The number of amides is 1. The number of nitrogens with two attached hydrogens (primary N) is 1. The number of rotatable bonds is 5. The Labute approximate surface area is 112 Å². The molecular formula is C13H19N3O3. The summed E-state index contributed by atoms with van der Waals surface area (Å²) in [4.78, 5) is 13.5. The molecule has 0 fully saturated rings. The molecule has 0 bridgehead atoms. The Kier molecular flexibility index (Phi) is 5.17. The van der Waals surface area contributed by atoms with Gasteiger partial charge in [0.05, 0.1) is 13.0 Å². The van der Waals surface area contributed by atoms with Crippen LogP contribution in [0.2, 0.25) is 0 Å². The lowest BCUT2D eigenvalue weighted by Crippen LogP contribution is -2.38. The van der Waals surface area contributed by atoms with E-state index < -0.39 is 5.92 Å². The summed E-state index contributed by atoms with van der Waals surface area (Å²) in [6.45, 7) is 2.05. The van der Waals surface area contributed by atoms with Crippen LogP contribution in [-0.4, -0.2) is 36.0 Å². The van der Waals surface area contributed by atoms with Gasteiger partial charge in [0.15, 0.2) is 5.84 Å². The molecule has 1 aromatic rings. The number of benzene rings is 1. The average Bonchev–Trinajstić information content (AvgIpc) is 2.45. The van der Waals surface area contributed by atoms with Gasteiger partial charge in [-0.05, 0) is 24.6 Å². The van der Waals surface area contributed by atoms with E-state index >= 15 is 0 Å². The van der Waals surface area contributed by atoms with Crippen LogP contribution in [0.4, 0.5) is 0 Å². The highest BCUT2D eigenvalue weighted by molar-refractivity contribution is 6.01. The summed E-state index contributed by atoms with van der Waals surface area (Å²) in [5.74, 6) is -0.172. The predicted molar refractivity (Wildman–Crippen MR) is 72.0 cm³/mol. The van der Waals surface area contributed by atoms with Crippen LogP contribution in [0.1, 0.15) is 12.5 Å². The number of methoxy groups -OCH3 is 1. The van der Waals surface area contributed by atoms with E-state index in [0.717, 1.165) is 11.3 Å². The minimum Gasteiger partial charge on any atom is -0.497 e. The zero-order valence-electron chi connectivity index (χ0n) is 11.3. The Hall–Kier alpha value is -2.24. The van der Waals surface area contributed by atoms with Crippen LogP contribution in [0.3, 0.4) is 0 Å². The van der Waals surface area contributed by atoms with Crippen molar-refractivity contribution in [2.45, 2.75) is 13.5 Å². The van der Waals surface area contributed by atoms with Crippen molar-refractivity contribution in [3.63, 3.8) is 0 Å². The van der Waals surface area contributed by atoms with Crippen molar-refractivity contribution in [3.8, 4) is 5.75 Å². The number of nitrogens with zero attached hydrogens (tertiary/aromatic N) is 2. The second-order valence-corrected chi connectivity index (χ2v) is 4.29. The maximum Gasteiger partial charge on any atom is 0.233 e. The number of hydrogen-bond acceptors (Lipinski definition) is 4. The highest BCUT2D eigenvalue weighted by atomic mass is 16.5. The van der Waals surface area contributed by atoms with Crippen LogP contribution in [0.5, 0.6) is 5.75 Å². The number of oxime groups is 1. The summed E-state index contributed by atoms with van der Waals surface area (Å²) in [5.41, 5.74) is 6.40. The van der Waals surface area contributed by atoms with Gasteiger partial charge < -0.3 is 20.6 Å². The SMILES string of the molecule is COc1ccc(CN(C)C(=O)C(C)C(N)=NO)cc1. The van der Waals surface area contributed by atoms with Gasteiger partial charge in [0.25, 0.3) is 0 Å². The van der Waals surface area contributed by atoms with Gasteiger partial charge in [-0.1, -0.05) is 17.3 Å². The first-order chi connectivity index (χ1) is 8.99. The van der Waals surface area contributed by atoms with Crippen LogP contribution >= 0.6 is 0 Å². The van der Waals surface area contributed by atoms with Gasteiger partial charge in [-0.2, -0.15) is 0 Å². The first-order valence-electron chi connectivity index (χ1n) is 5.85. The molecule has 104 valence electrons. The van der Waals surface area contributed by atoms with Crippen molar-refractivity contribution >= 4 is 11.7 Å². The lowest BCUT2D eigenvalue weighted by Gasteiger charge is -2.20. The van der Waals surface area contributed by atoms with Crippen molar-refractivity contribution in [2.75, 3.05) is 14.2 Å². The number of ether oxygens (including phenoxy) is 1. The van der Waals surface area contributed by atoms with Crippen LogP contribution < -0.4 is 10.5 Å². The summed E-state index contributed by atoms with van der Waals surface area (Å²) < 4.78 is 5.07. The molecule has 1 amide bonds. The standard InChI is InChI=1S/C13H19N3O3/c1-9(12(14)15-18)13(17)16(2)8-10-4-6-11(19-3)7-5-10/h4-7,9,18H,8H2,1-3H3,(H2,14,15). The second-order valence-electron chi connectivity index (χ2n) is 4.29. The fraction of sp³-hybridized carbons (Fsp3) is 0.385. The van der Waals surface area contributed by atoms with Gasteiger partial charge in [-0.25, -0.2) is 0 Å². The molecule has 1 aromatic carbocycles. The molecule has 0 saturated carbocycles. The fourth-order valence-corrected chi connectivity index (χ4v) is 1.63. The lowest BCUT2D eigenvalue weighted by molar-refractivity contribution is -0.132. The highest BCUT2D eigenvalue weighted by Gasteiger charge is 2.21. The lowest BCUT2D eigenvalue weighted by atomic mass is 10.1. The minimum absolute atomic E-state index is 0.0911. The maximum absolute atomic E-state index is 12.0. The first-order valence-corrected chi connectivity index (χ1v) is 5.85. The third-order valence-electron chi connectivity index (χ3n) is 2.88. The quantitative estimate of drug-likeness (QED) is 0.360. The summed E-state index contributed by atoms with van der Waals surface area (Å²) in [6, 6.07) is 7.44. The Morgan fingerprint density at radius 1 is 1.47 bits per heavy atom. The summed E-state index contributed by atoms with van der Waals surface area (Å²) >= 11 is 0. The third kappa shape index (κ3) is 3.87. The highest BCUT2D eigenvalue weighted by Crippen LogP contribution is 2.13. The van der Waals surface area contributed by atoms with Gasteiger partial charge in [0.1, 0.15) is 5.75 Å². The van der Waals surface area contributed by atoms with E-state index in [1.54, 1.807) is 21.1 Å². The fourth-order valence-electron chi connectivity index (χ4n) is 1.63. The smallest absolute Gasteiger partial charge is 0.233 e. The monoisotopic (exact) mass is 265 g/mol. The molecule has 1 atom stereocenters. The molecule has 1 rings (SSSR count). The van der Waals surface area contributed by atoms with E-state index in [1.165, 1.54) is 4.90 Å². The van der Waals surface area contributed by atoms with Crippen molar-refractivity contribution in [3.05, 3.63) is 29.8 Å². The van der Waals surface area contributed by atoms with Crippen molar-refractivity contribution in [1.82, 2.24) is 4.90 Å². The van der Waals surface area contributed by atoms with Crippen molar-refractivity contribution < 1.29 is 14.7 Å². The van der Waals surface area contributed by atoms with E-state index in [9.17, 15) is 4.79 Å². The largest absolute Gasteiger partial charge is 0.497 e. The van der Waals surface area contributed by atoms with Crippen LogP contribution in [0.25, 0.3) is 0 Å². The second kappa shape index (κ2) is 6.63. The van der Waals surface area contributed by atoms with Crippen molar-refractivity contribution in [2.24, 2.45) is 16.8 Å². The molecule has 1 unspecified atom stereocenters. The van der Waals surface area contributed by atoms with Gasteiger partial charge in [0, 0.05) is 13.6 Å². The molecule has 3 N–H and O–H groups in total. The van der Waals surface area contributed by atoms with Gasteiger partial charge in [-0.3, -0.25) is 4.79 Å². The molecule has 0 radical (unpaired) electrons. The molecule has 0 aliphatic heterocycles. The molecule has 0 aliphatic rings. The predicted octanol–water partition coefficient (Wildman–Crippen LogP) is 1.04. The Balaban J connectivity index is 2.68. The third-order valence-corrected chi connectivity index (χ3v) is 2.88. The molecule has 0 aromatic heterocycles. The molecule has 6 heteroatoms. The first kappa shape index (κ1) is 14.8. The van der Waals surface area contributed by atoms with Gasteiger partial charge >= 0.3 is 0 Å². The molecule has 6 nitrogen and oxygen atoms in total. The van der Waals surface area contributed by atoms with Gasteiger partial charge in [-0.15, -0.1) is 0 Å². The van der Waals surface area contributed by atoms with Crippen molar-refractivity contribution in [1.29, 1.82) is 0 Å². The zero-order valence-corrected chi connectivity index (χ0v) is 11.3. The van der Waals surface area contributed by atoms with Crippen LogP contribution in [0, 0.1) is 5.92 Å². The summed E-state index contributed by atoms with van der Waals surface area (Å²) in [7, 11) is 3.27.